The summed E-state index contributed by atoms with van der Waals surface area (Å²) in [7, 11) is -3.52. The number of carbonyl (C=O) groups excluding carboxylic acids is 1. The second-order valence-electron chi connectivity index (χ2n) is 5.80. The lowest BCUT2D eigenvalue weighted by molar-refractivity contribution is 0.102. The molecule has 1 saturated carbocycles. The van der Waals surface area contributed by atoms with E-state index in [1.54, 1.807) is 11.3 Å². The number of anilines is 1. The number of nitrogens with zero attached hydrogens (tertiary/aromatic N) is 2. The second-order valence-corrected chi connectivity index (χ2v) is 9.27. The first-order chi connectivity index (χ1) is 12.5. The van der Waals surface area contributed by atoms with Crippen LogP contribution in [-0.4, -0.2) is 30.6 Å². The third kappa shape index (κ3) is 3.83. The molecule has 0 aliphatic heterocycles. The average molecular weight is 407 g/mol. The molecule has 1 amide bonds. The third-order valence-electron chi connectivity index (χ3n) is 3.74. The van der Waals surface area contributed by atoms with E-state index in [4.69, 9.17) is 0 Å². The molecule has 2 heterocycles. The number of thiophene rings is 1. The van der Waals surface area contributed by atoms with E-state index < -0.39 is 10.0 Å². The van der Waals surface area contributed by atoms with E-state index in [0.29, 0.717) is 10.7 Å². The summed E-state index contributed by atoms with van der Waals surface area (Å²) in [5.74, 6) is -0.364. The van der Waals surface area contributed by atoms with Gasteiger partial charge in [-0.25, -0.2) is 13.1 Å². The molecule has 3 aromatic rings. The minimum Gasteiger partial charge on any atom is -0.296 e. The van der Waals surface area contributed by atoms with Gasteiger partial charge >= 0.3 is 0 Å². The Labute approximate surface area is 158 Å². The molecule has 1 aliphatic rings. The molecular formula is C16H14N4O3S3. The maximum Gasteiger partial charge on any atom is 0.257 e. The summed E-state index contributed by atoms with van der Waals surface area (Å²) in [6.07, 6.45) is 1.74. The second kappa shape index (κ2) is 6.88. The molecule has 1 aliphatic carbocycles. The summed E-state index contributed by atoms with van der Waals surface area (Å²) < 4.78 is 26.9. The first-order valence-electron chi connectivity index (χ1n) is 7.81. The Bertz CT molecular complexity index is 1020. The summed E-state index contributed by atoms with van der Waals surface area (Å²) in [4.78, 5) is 12.5. The van der Waals surface area contributed by atoms with Crippen molar-refractivity contribution in [3.8, 4) is 10.6 Å². The van der Waals surface area contributed by atoms with Crippen molar-refractivity contribution in [1.82, 2.24) is 14.9 Å². The van der Waals surface area contributed by atoms with Crippen molar-refractivity contribution in [2.45, 2.75) is 23.8 Å². The average Bonchev–Trinajstić information content (AvgIpc) is 3.10. The fraction of sp³-hybridized carbons (Fsp3) is 0.188. The number of benzene rings is 1. The van der Waals surface area contributed by atoms with E-state index >= 15 is 0 Å². The zero-order valence-corrected chi connectivity index (χ0v) is 15.8. The molecule has 0 unspecified atom stereocenters. The zero-order chi connectivity index (χ0) is 18.1. The van der Waals surface area contributed by atoms with Crippen molar-refractivity contribution in [1.29, 1.82) is 0 Å². The Morgan fingerprint density at radius 3 is 2.54 bits per heavy atom. The van der Waals surface area contributed by atoms with Crippen molar-refractivity contribution < 1.29 is 13.2 Å². The van der Waals surface area contributed by atoms with Crippen LogP contribution in [0.25, 0.3) is 10.6 Å². The van der Waals surface area contributed by atoms with Gasteiger partial charge in [0.05, 0.1) is 4.90 Å². The Hall–Kier alpha value is -2.14. The molecule has 0 radical (unpaired) electrons. The van der Waals surface area contributed by atoms with Crippen molar-refractivity contribution in [2.75, 3.05) is 5.32 Å². The van der Waals surface area contributed by atoms with Gasteiger partial charge in [-0.15, -0.1) is 10.2 Å². The summed E-state index contributed by atoms with van der Waals surface area (Å²) in [5.41, 5.74) is 1.31. The normalized spacial score (nSPS) is 14.3. The van der Waals surface area contributed by atoms with Crippen LogP contribution in [0.1, 0.15) is 23.2 Å². The highest BCUT2D eigenvalue weighted by atomic mass is 32.2. The molecule has 2 aromatic heterocycles. The molecular weight excluding hydrogens is 392 g/mol. The van der Waals surface area contributed by atoms with Crippen LogP contribution in [0.4, 0.5) is 5.13 Å². The molecule has 0 spiro atoms. The standard InChI is InChI=1S/C16H14N4O3S3/c21-14(17-16-19-18-15(25-16)11-7-8-24-9-11)10-1-5-13(6-2-10)26(22,23)20-12-3-4-12/h1-2,5-9,12,20H,3-4H2,(H,17,19,21). The maximum absolute atomic E-state index is 12.3. The van der Waals surface area contributed by atoms with Crippen LogP contribution >= 0.6 is 22.7 Å². The minimum atomic E-state index is -3.52. The van der Waals surface area contributed by atoms with Gasteiger partial charge in [0.25, 0.3) is 5.91 Å². The van der Waals surface area contributed by atoms with Gasteiger partial charge in [0.15, 0.2) is 0 Å². The van der Waals surface area contributed by atoms with Crippen molar-refractivity contribution in [3.05, 3.63) is 46.7 Å². The number of hydrogen-bond donors (Lipinski definition) is 2. The van der Waals surface area contributed by atoms with Crippen LogP contribution in [0.2, 0.25) is 0 Å². The van der Waals surface area contributed by atoms with Crippen LogP contribution < -0.4 is 10.0 Å². The predicted molar refractivity (Wildman–Crippen MR) is 101 cm³/mol. The van der Waals surface area contributed by atoms with E-state index in [9.17, 15) is 13.2 Å². The number of carbonyl (C=O) groups is 1. The largest absolute Gasteiger partial charge is 0.296 e. The highest BCUT2D eigenvalue weighted by Gasteiger charge is 2.28. The van der Waals surface area contributed by atoms with Crippen LogP contribution in [0.3, 0.4) is 0 Å². The summed E-state index contributed by atoms with van der Waals surface area (Å²) in [6.45, 7) is 0. The lowest BCUT2D eigenvalue weighted by Gasteiger charge is -2.06. The first kappa shape index (κ1) is 17.3. The van der Waals surface area contributed by atoms with Gasteiger partial charge in [-0.1, -0.05) is 11.3 Å². The monoisotopic (exact) mass is 406 g/mol. The fourth-order valence-corrected chi connectivity index (χ4v) is 4.98. The summed E-state index contributed by atoms with van der Waals surface area (Å²) in [5, 5.41) is 15.7. The minimum absolute atomic E-state index is 0.0396. The molecule has 0 saturated heterocycles. The number of amides is 1. The summed E-state index contributed by atoms with van der Waals surface area (Å²) in [6, 6.07) is 7.80. The van der Waals surface area contributed by atoms with Gasteiger partial charge in [0.2, 0.25) is 15.2 Å². The number of rotatable bonds is 6. The lowest BCUT2D eigenvalue weighted by Crippen LogP contribution is -2.25. The SMILES string of the molecule is O=C(Nc1nnc(-c2ccsc2)s1)c1ccc(S(=O)(=O)NC2CC2)cc1. The van der Waals surface area contributed by atoms with Crippen molar-refractivity contribution in [3.63, 3.8) is 0 Å². The Balaban J connectivity index is 1.45. The number of aromatic nitrogens is 2. The van der Waals surface area contributed by atoms with Gasteiger partial charge in [0.1, 0.15) is 5.01 Å². The van der Waals surface area contributed by atoms with Gasteiger partial charge < -0.3 is 0 Å². The molecule has 0 atom stereocenters. The third-order valence-corrected chi connectivity index (χ3v) is 6.85. The van der Waals surface area contributed by atoms with Gasteiger partial charge in [-0.3, -0.25) is 10.1 Å². The Kier molecular flexibility index (Phi) is 4.57. The molecule has 4 rings (SSSR count). The highest BCUT2D eigenvalue weighted by molar-refractivity contribution is 7.89. The van der Waals surface area contributed by atoms with Gasteiger partial charge in [0, 0.05) is 22.5 Å². The van der Waals surface area contributed by atoms with E-state index in [-0.39, 0.29) is 16.8 Å². The number of sulfonamides is 1. The topological polar surface area (TPSA) is 101 Å². The molecule has 2 N–H and O–H groups in total. The predicted octanol–water partition coefficient (Wildman–Crippen LogP) is 2.96. The van der Waals surface area contributed by atoms with E-state index in [1.165, 1.54) is 35.6 Å². The molecule has 0 bridgehead atoms. The van der Waals surface area contributed by atoms with Crippen LogP contribution in [0.15, 0.2) is 46.0 Å². The Morgan fingerprint density at radius 1 is 1.12 bits per heavy atom. The quantitative estimate of drug-likeness (QED) is 0.655. The molecule has 1 aromatic carbocycles. The Morgan fingerprint density at radius 2 is 1.88 bits per heavy atom. The van der Waals surface area contributed by atoms with Gasteiger partial charge in [-0.2, -0.15) is 11.3 Å². The molecule has 10 heteroatoms. The zero-order valence-electron chi connectivity index (χ0n) is 13.4. The van der Waals surface area contributed by atoms with Crippen LogP contribution in [0, 0.1) is 0 Å². The van der Waals surface area contributed by atoms with E-state index in [1.807, 2.05) is 16.8 Å². The van der Waals surface area contributed by atoms with E-state index in [2.05, 4.69) is 20.2 Å². The smallest absolute Gasteiger partial charge is 0.257 e. The lowest BCUT2D eigenvalue weighted by atomic mass is 10.2. The molecule has 1 fully saturated rings. The molecule has 134 valence electrons. The van der Waals surface area contributed by atoms with Gasteiger partial charge in [-0.05, 0) is 48.6 Å². The maximum atomic E-state index is 12.3. The van der Waals surface area contributed by atoms with Crippen LogP contribution in [0.5, 0.6) is 0 Å². The fourth-order valence-electron chi connectivity index (χ4n) is 2.22. The molecule has 26 heavy (non-hydrogen) atoms. The van der Waals surface area contributed by atoms with Crippen molar-refractivity contribution in [2.24, 2.45) is 0 Å². The van der Waals surface area contributed by atoms with Crippen LogP contribution in [-0.2, 0) is 10.0 Å². The number of hydrogen-bond acceptors (Lipinski definition) is 7. The first-order valence-corrected chi connectivity index (χ1v) is 11.1. The number of nitrogens with one attached hydrogen (secondary N) is 2. The highest BCUT2D eigenvalue weighted by Crippen LogP contribution is 2.28. The molecule has 7 nitrogen and oxygen atoms in total. The van der Waals surface area contributed by atoms with Crippen molar-refractivity contribution >= 4 is 43.7 Å². The summed E-state index contributed by atoms with van der Waals surface area (Å²) >= 11 is 2.84. The van der Waals surface area contributed by atoms with E-state index in [0.717, 1.165) is 23.4 Å².